The molecule has 1 aromatic heterocycles. The summed E-state index contributed by atoms with van der Waals surface area (Å²) in [5.74, 6) is 0.449. The molecule has 0 amide bonds. The Kier molecular flexibility index (Phi) is 3.34. The number of aliphatic hydroxyl groups excluding tert-OH is 1. The molecule has 2 heterocycles. The van der Waals surface area contributed by atoms with Gasteiger partial charge >= 0.3 is 0 Å². The van der Waals surface area contributed by atoms with E-state index in [1.807, 2.05) is 0 Å². The molecule has 0 saturated heterocycles. The Bertz CT molecular complexity index is 459. The Morgan fingerprint density at radius 3 is 3.18 bits per heavy atom. The molecule has 0 saturated carbocycles. The summed E-state index contributed by atoms with van der Waals surface area (Å²) < 4.78 is 5.49. The first-order valence-electron chi connectivity index (χ1n) is 5.29. The van der Waals surface area contributed by atoms with Crippen LogP contribution in [0.5, 0.6) is 0 Å². The van der Waals surface area contributed by atoms with Crippen LogP contribution in [0.15, 0.2) is 24.5 Å². The molecule has 6 nitrogen and oxygen atoms in total. The second-order valence-corrected chi connectivity index (χ2v) is 3.72. The van der Waals surface area contributed by atoms with Gasteiger partial charge in [0, 0.05) is 6.20 Å². The number of pyridine rings is 1. The fraction of sp³-hybridized carbons (Fsp3) is 0.364. The van der Waals surface area contributed by atoms with Gasteiger partial charge in [-0.05, 0) is 25.0 Å². The van der Waals surface area contributed by atoms with E-state index in [1.54, 1.807) is 12.1 Å². The average Bonchev–Trinajstić information content (AvgIpc) is 2.39. The molecule has 2 rings (SSSR count). The first-order chi connectivity index (χ1) is 8.22. The van der Waals surface area contributed by atoms with Gasteiger partial charge in [0.15, 0.2) is 0 Å². The van der Waals surface area contributed by atoms with Crippen molar-refractivity contribution in [1.82, 2.24) is 4.98 Å². The van der Waals surface area contributed by atoms with Gasteiger partial charge in [0.2, 0.25) is 0 Å². The molecule has 1 aliphatic rings. The Balaban J connectivity index is 2.34. The van der Waals surface area contributed by atoms with E-state index in [0.29, 0.717) is 11.3 Å². The van der Waals surface area contributed by atoms with Gasteiger partial charge in [0.05, 0.1) is 17.1 Å². The largest absolute Gasteiger partial charge is 0.487 e. The highest BCUT2D eigenvalue weighted by atomic mass is 16.6. The SMILES string of the molecule is O=[N+]([O-])c1cnccc1C1=CCC[C@H](CO)O1. The van der Waals surface area contributed by atoms with Crippen molar-refractivity contribution in [2.24, 2.45) is 0 Å². The van der Waals surface area contributed by atoms with Crippen LogP contribution in [0, 0.1) is 10.1 Å². The van der Waals surface area contributed by atoms with Gasteiger partial charge in [-0.3, -0.25) is 15.1 Å². The minimum absolute atomic E-state index is 0.0858. The van der Waals surface area contributed by atoms with E-state index in [1.165, 1.54) is 12.4 Å². The van der Waals surface area contributed by atoms with Gasteiger partial charge in [-0.1, -0.05) is 0 Å². The summed E-state index contributed by atoms with van der Waals surface area (Å²) in [7, 11) is 0. The van der Waals surface area contributed by atoms with Crippen LogP contribution in [0.4, 0.5) is 5.69 Å². The monoisotopic (exact) mass is 236 g/mol. The number of ether oxygens (including phenoxy) is 1. The summed E-state index contributed by atoms with van der Waals surface area (Å²) >= 11 is 0. The number of hydrogen-bond donors (Lipinski definition) is 1. The van der Waals surface area contributed by atoms with Crippen molar-refractivity contribution < 1.29 is 14.8 Å². The zero-order chi connectivity index (χ0) is 12.3. The van der Waals surface area contributed by atoms with Crippen LogP contribution in [0.25, 0.3) is 5.76 Å². The number of nitro groups is 1. The van der Waals surface area contributed by atoms with Crippen molar-refractivity contribution in [3.05, 3.63) is 40.2 Å². The van der Waals surface area contributed by atoms with Gasteiger partial charge in [-0.2, -0.15) is 0 Å². The first kappa shape index (κ1) is 11.5. The van der Waals surface area contributed by atoms with Gasteiger partial charge in [0.1, 0.15) is 18.1 Å². The number of hydrogen-bond acceptors (Lipinski definition) is 5. The predicted octanol–water partition coefficient (Wildman–Crippen LogP) is 1.50. The Morgan fingerprint density at radius 1 is 1.65 bits per heavy atom. The highest BCUT2D eigenvalue weighted by molar-refractivity contribution is 5.68. The molecule has 1 N–H and O–H groups in total. The molecule has 0 aromatic carbocycles. The minimum atomic E-state index is -0.491. The summed E-state index contributed by atoms with van der Waals surface area (Å²) in [5.41, 5.74) is 0.320. The standard InChI is InChI=1S/C11H12N2O4/c14-7-8-2-1-3-11(17-8)9-4-5-12-6-10(9)13(15)16/h3-6,8,14H,1-2,7H2/t8-/m1/s1. The molecule has 0 spiro atoms. The van der Waals surface area contributed by atoms with Crippen LogP contribution >= 0.6 is 0 Å². The fourth-order valence-corrected chi connectivity index (χ4v) is 1.73. The first-order valence-corrected chi connectivity index (χ1v) is 5.29. The van der Waals surface area contributed by atoms with Crippen LogP contribution in [0.3, 0.4) is 0 Å². The van der Waals surface area contributed by atoms with Gasteiger partial charge in [-0.15, -0.1) is 0 Å². The molecule has 6 heteroatoms. The van der Waals surface area contributed by atoms with Crippen molar-refractivity contribution in [3.8, 4) is 0 Å². The van der Waals surface area contributed by atoms with Gasteiger partial charge < -0.3 is 9.84 Å². The van der Waals surface area contributed by atoms with Crippen molar-refractivity contribution in [2.75, 3.05) is 6.61 Å². The fourth-order valence-electron chi connectivity index (χ4n) is 1.73. The van der Waals surface area contributed by atoms with Crippen LogP contribution in [-0.4, -0.2) is 27.7 Å². The van der Waals surface area contributed by atoms with Crippen molar-refractivity contribution in [3.63, 3.8) is 0 Å². The normalized spacial score (nSPS) is 19.4. The molecule has 17 heavy (non-hydrogen) atoms. The van der Waals surface area contributed by atoms with Crippen LogP contribution in [-0.2, 0) is 4.74 Å². The van der Waals surface area contributed by atoms with Crippen molar-refractivity contribution >= 4 is 11.4 Å². The molecule has 0 aliphatic carbocycles. The molecule has 1 atom stereocenters. The second-order valence-electron chi connectivity index (χ2n) is 3.72. The summed E-state index contributed by atoms with van der Waals surface area (Å²) in [6, 6.07) is 1.55. The zero-order valence-corrected chi connectivity index (χ0v) is 9.07. The second kappa shape index (κ2) is 4.92. The third kappa shape index (κ3) is 2.42. The number of rotatable bonds is 3. The lowest BCUT2D eigenvalue weighted by Gasteiger charge is -2.22. The Labute approximate surface area is 97.7 Å². The Morgan fingerprint density at radius 2 is 2.47 bits per heavy atom. The molecule has 0 unspecified atom stereocenters. The molecule has 0 radical (unpaired) electrons. The maximum atomic E-state index is 10.8. The molecule has 1 aliphatic heterocycles. The highest BCUT2D eigenvalue weighted by Crippen LogP contribution is 2.30. The average molecular weight is 236 g/mol. The zero-order valence-electron chi connectivity index (χ0n) is 9.07. The smallest absolute Gasteiger partial charge is 0.298 e. The third-order valence-electron chi connectivity index (χ3n) is 2.58. The highest BCUT2D eigenvalue weighted by Gasteiger charge is 2.23. The van der Waals surface area contributed by atoms with E-state index in [9.17, 15) is 10.1 Å². The molecule has 90 valence electrons. The summed E-state index contributed by atoms with van der Waals surface area (Å²) in [5, 5.41) is 19.9. The maximum absolute atomic E-state index is 10.8. The van der Waals surface area contributed by atoms with Crippen molar-refractivity contribution in [2.45, 2.75) is 18.9 Å². The lowest BCUT2D eigenvalue weighted by atomic mass is 10.1. The number of aromatic nitrogens is 1. The van der Waals surface area contributed by atoms with Crippen molar-refractivity contribution in [1.29, 1.82) is 0 Å². The lowest BCUT2D eigenvalue weighted by Crippen LogP contribution is -2.20. The maximum Gasteiger partial charge on any atom is 0.298 e. The molecule has 1 aromatic rings. The van der Waals surface area contributed by atoms with E-state index in [-0.39, 0.29) is 18.4 Å². The quantitative estimate of drug-likeness (QED) is 0.635. The minimum Gasteiger partial charge on any atom is -0.487 e. The predicted molar refractivity (Wildman–Crippen MR) is 60.1 cm³/mol. The van der Waals surface area contributed by atoms with E-state index < -0.39 is 4.92 Å². The van der Waals surface area contributed by atoms with E-state index in [2.05, 4.69) is 4.98 Å². The molecule has 0 bridgehead atoms. The van der Waals surface area contributed by atoms with Crippen LogP contribution < -0.4 is 0 Å². The third-order valence-corrected chi connectivity index (χ3v) is 2.58. The van der Waals surface area contributed by atoms with E-state index in [0.717, 1.165) is 12.8 Å². The number of allylic oxidation sites excluding steroid dienone is 1. The van der Waals surface area contributed by atoms with Crippen LogP contribution in [0.1, 0.15) is 18.4 Å². The number of nitrogens with zero attached hydrogens (tertiary/aromatic N) is 2. The van der Waals surface area contributed by atoms with E-state index in [4.69, 9.17) is 9.84 Å². The topological polar surface area (TPSA) is 85.5 Å². The van der Waals surface area contributed by atoms with Crippen LogP contribution in [0.2, 0.25) is 0 Å². The molecular weight excluding hydrogens is 224 g/mol. The van der Waals surface area contributed by atoms with Gasteiger partial charge in [-0.25, -0.2) is 0 Å². The molecule has 0 fully saturated rings. The molecular formula is C11H12N2O4. The van der Waals surface area contributed by atoms with Gasteiger partial charge in [0.25, 0.3) is 5.69 Å². The summed E-state index contributed by atoms with van der Waals surface area (Å²) in [4.78, 5) is 14.1. The summed E-state index contributed by atoms with van der Waals surface area (Å²) in [6.07, 6.45) is 5.65. The Hall–Kier alpha value is -1.95. The number of aliphatic hydroxyl groups is 1. The van der Waals surface area contributed by atoms with E-state index >= 15 is 0 Å². The summed E-state index contributed by atoms with van der Waals surface area (Å²) in [6.45, 7) is -0.0871. The lowest BCUT2D eigenvalue weighted by molar-refractivity contribution is -0.385.